The minimum absolute atomic E-state index is 0. The molecular weight excluding hydrogens is 463 g/mol. The van der Waals surface area contributed by atoms with Crippen molar-refractivity contribution in [1.82, 2.24) is 4.90 Å². The van der Waals surface area contributed by atoms with Crippen LogP contribution in [-0.2, 0) is 9.84 Å². The third-order valence-electron chi connectivity index (χ3n) is 3.91. The van der Waals surface area contributed by atoms with E-state index in [1.54, 1.807) is 6.92 Å². The summed E-state index contributed by atoms with van der Waals surface area (Å²) in [6, 6.07) is 7.77. The van der Waals surface area contributed by atoms with Gasteiger partial charge in [-0.1, -0.05) is 18.5 Å². The molecule has 136 valence electrons. The molecule has 0 saturated carbocycles. The number of aliphatic imine (C=N–C) groups is 1. The molecule has 0 atom stereocenters. The molecule has 24 heavy (non-hydrogen) atoms. The molecule has 6 nitrogen and oxygen atoms in total. The first kappa shape index (κ1) is 21.3. The Morgan fingerprint density at radius 2 is 1.79 bits per heavy atom. The van der Waals surface area contributed by atoms with Gasteiger partial charge in [-0.25, -0.2) is 8.42 Å². The van der Waals surface area contributed by atoms with Crippen molar-refractivity contribution in [3.05, 3.63) is 29.3 Å². The van der Waals surface area contributed by atoms with Crippen molar-refractivity contribution in [2.24, 2.45) is 10.7 Å². The molecule has 9 heteroatoms. The molecule has 0 radical (unpaired) electrons. The minimum Gasteiger partial charge on any atom is -0.370 e. The highest BCUT2D eigenvalue weighted by molar-refractivity contribution is 14.0. The first-order chi connectivity index (χ1) is 10.9. The van der Waals surface area contributed by atoms with Gasteiger partial charge in [-0.2, -0.15) is 0 Å². The maximum Gasteiger partial charge on any atom is 0.191 e. The van der Waals surface area contributed by atoms with Crippen molar-refractivity contribution in [3.8, 4) is 0 Å². The van der Waals surface area contributed by atoms with Gasteiger partial charge in [0, 0.05) is 42.6 Å². The van der Waals surface area contributed by atoms with E-state index in [0.29, 0.717) is 5.96 Å². The van der Waals surface area contributed by atoms with E-state index in [1.807, 2.05) is 29.2 Å². The second kappa shape index (κ2) is 9.67. The van der Waals surface area contributed by atoms with Crippen LogP contribution in [0.4, 0.5) is 5.69 Å². The number of sulfone groups is 1. The van der Waals surface area contributed by atoms with Crippen LogP contribution in [0.15, 0.2) is 29.3 Å². The van der Waals surface area contributed by atoms with Crippen molar-refractivity contribution >= 4 is 57.1 Å². The molecule has 1 aromatic rings. The Morgan fingerprint density at radius 1 is 1.21 bits per heavy atom. The number of piperazine rings is 1. The number of halogens is 2. The second-order valence-electron chi connectivity index (χ2n) is 5.43. The van der Waals surface area contributed by atoms with Crippen molar-refractivity contribution < 1.29 is 8.42 Å². The van der Waals surface area contributed by atoms with Gasteiger partial charge in [0.1, 0.15) is 0 Å². The smallest absolute Gasteiger partial charge is 0.191 e. The number of rotatable bonds is 5. The Labute approximate surface area is 166 Å². The molecule has 1 aliphatic heterocycles. The number of nitrogens with zero attached hydrogens (tertiary/aromatic N) is 3. The Balaban J connectivity index is 0.00000288. The number of nitrogens with two attached hydrogens (primary N) is 1. The van der Waals surface area contributed by atoms with Gasteiger partial charge in [-0.15, -0.1) is 24.0 Å². The van der Waals surface area contributed by atoms with Crippen LogP contribution in [0.5, 0.6) is 0 Å². The molecule has 1 fully saturated rings. The lowest BCUT2D eigenvalue weighted by Crippen LogP contribution is -2.51. The average Bonchev–Trinajstić information content (AvgIpc) is 2.55. The van der Waals surface area contributed by atoms with Gasteiger partial charge in [0.15, 0.2) is 15.8 Å². The summed E-state index contributed by atoms with van der Waals surface area (Å²) in [7, 11) is -2.99. The van der Waals surface area contributed by atoms with Crippen molar-refractivity contribution in [2.45, 2.75) is 6.92 Å². The van der Waals surface area contributed by atoms with E-state index in [4.69, 9.17) is 17.3 Å². The van der Waals surface area contributed by atoms with Crippen LogP contribution in [0.25, 0.3) is 0 Å². The molecule has 0 aliphatic carbocycles. The molecule has 0 unspecified atom stereocenters. The van der Waals surface area contributed by atoms with E-state index in [0.717, 1.165) is 36.9 Å². The predicted molar refractivity (Wildman–Crippen MR) is 111 cm³/mol. The molecule has 2 N–H and O–H groups in total. The van der Waals surface area contributed by atoms with Gasteiger partial charge in [0.25, 0.3) is 0 Å². The highest BCUT2D eigenvalue weighted by atomic mass is 127. The van der Waals surface area contributed by atoms with E-state index in [9.17, 15) is 8.42 Å². The van der Waals surface area contributed by atoms with E-state index in [2.05, 4.69) is 9.89 Å². The highest BCUT2D eigenvalue weighted by Gasteiger charge is 2.18. The zero-order chi connectivity index (χ0) is 16.9. The summed E-state index contributed by atoms with van der Waals surface area (Å²) in [6.45, 7) is 5.06. The Bertz CT molecular complexity index is 644. The summed E-state index contributed by atoms with van der Waals surface area (Å²) in [4.78, 5) is 8.45. The van der Waals surface area contributed by atoms with Crippen molar-refractivity contribution in [3.63, 3.8) is 0 Å². The summed E-state index contributed by atoms with van der Waals surface area (Å²) in [5.74, 6) is 0.615. The Kier molecular flexibility index (Phi) is 8.58. The first-order valence-electron chi connectivity index (χ1n) is 7.67. The quantitative estimate of drug-likeness (QED) is 0.390. The van der Waals surface area contributed by atoms with Crippen LogP contribution in [0, 0.1) is 0 Å². The molecule has 0 aromatic heterocycles. The zero-order valence-electron chi connectivity index (χ0n) is 13.7. The fourth-order valence-electron chi connectivity index (χ4n) is 2.39. The third-order valence-corrected chi connectivity index (χ3v) is 5.85. The number of benzene rings is 1. The molecular formula is C15H24ClIN4O2S. The molecule has 1 aromatic carbocycles. The number of hydrogen-bond acceptors (Lipinski definition) is 4. The summed E-state index contributed by atoms with van der Waals surface area (Å²) in [5.41, 5.74) is 7.11. The van der Waals surface area contributed by atoms with Crippen LogP contribution in [0.2, 0.25) is 5.02 Å². The van der Waals surface area contributed by atoms with Gasteiger partial charge < -0.3 is 15.5 Å². The van der Waals surface area contributed by atoms with Gasteiger partial charge in [0.2, 0.25) is 0 Å². The van der Waals surface area contributed by atoms with E-state index >= 15 is 0 Å². The van der Waals surface area contributed by atoms with Crippen LogP contribution in [-0.4, -0.2) is 63.5 Å². The minimum atomic E-state index is -2.99. The normalized spacial score (nSPS) is 16.0. The number of guanidine groups is 1. The van der Waals surface area contributed by atoms with Crippen molar-refractivity contribution in [1.29, 1.82) is 0 Å². The molecule has 1 aliphatic rings. The lowest BCUT2D eigenvalue weighted by Gasteiger charge is -2.36. The number of hydrogen-bond donors (Lipinski definition) is 1. The fraction of sp³-hybridized carbons (Fsp3) is 0.533. The molecule has 0 spiro atoms. The van der Waals surface area contributed by atoms with E-state index in [-0.39, 0.29) is 42.0 Å². The summed E-state index contributed by atoms with van der Waals surface area (Å²) in [5, 5.41) is 0.728. The summed E-state index contributed by atoms with van der Waals surface area (Å²) in [6.07, 6.45) is 0. The van der Waals surface area contributed by atoms with Crippen LogP contribution < -0.4 is 10.6 Å². The monoisotopic (exact) mass is 486 g/mol. The van der Waals surface area contributed by atoms with E-state index < -0.39 is 9.84 Å². The van der Waals surface area contributed by atoms with Crippen molar-refractivity contribution in [2.75, 3.05) is 49.1 Å². The maximum atomic E-state index is 11.4. The predicted octanol–water partition coefficient (Wildman–Crippen LogP) is 1.83. The molecule has 1 saturated heterocycles. The van der Waals surface area contributed by atoms with Crippen LogP contribution >= 0.6 is 35.6 Å². The maximum absolute atomic E-state index is 11.4. The highest BCUT2D eigenvalue weighted by Crippen LogP contribution is 2.19. The number of anilines is 1. The standard InChI is InChI=1S/C15H23ClN4O2S.HI/c1-2-23(21,22)12-7-18-15(17)20-10-8-19(9-11-20)14-5-3-13(16)4-6-14;/h3-6H,2,7-12H2,1H3,(H2,17,18);1H. The Hall–Kier alpha value is -0.740. The van der Waals surface area contributed by atoms with E-state index in [1.165, 1.54) is 0 Å². The lowest BCUT2D eigenvalue weighted by molar-refractivity contribution is 0.381. The van der Waals surface area contributed by atoms with Gasteiger partial charge in [0.05, 0.1) is 12.3 Å². The van der Waals surface area contributed by atoms with Gasteiger partial charge in [-0.3, -0.25) is 4.99 Å². The molecule has 0 bridgehead atoms. The lowest BCUT2D eigenvalue weighted by atomic mass is 10.2. The first-order valence-corrected chi connectivity index (χ1v) is 9.87. The zero-order valence-corrected chi connectivity index (χ0v) is 17.6. The largest absolute Gasteiger partial charge is 0.370 e. The average molecular weight is 487 g/mol. The SMILES string of the molecule is CCS(=O)(=O)CCN=C(N)N1CCN(c2ccc(Cl)cc2)CC1.I. The van der Waals surface area contributed by atoms with Crippen LogP contribution in [0.1, 0.15) is 6.92 Å². The molecule has 2 rings (SSSR count). The molecule has 0 amide bonds. The third kappa shape index (κ3) is 6.29. The second-order valence-corrected chi connectivity index (χ2v) is 8.34. The van der Waals surface area contributed by atoms with Gasteiger partial charge in [-0.05, 0) is 24.3 Å². The summed E-state index contributed by atoms with van der Waals surface area (Å²) >= 11 is 5.90. The topological polar surface area (TPSA) is 79.0 Å². The van der Waals surface area contributed by atoms with Gasteiger partial charge >= 0.3 is 0 Å². The van der Waals surface area contributed by atoms with Crippen LogP contribution in [0.3, 0.4) is 0 Å². The summed E-state index contributed by atoms with van der Waals surface area (Å²) < 4.78 is 22.9. The Morgan fingerprint density at radius 3 is 2.33 bits per heavy atom. The fourth-order valence-corrected chi connectivity index (χ4v) is 3.17. The molecule has 1 heterocycles.